The summed E-state index contributed by atoms with van der Waals surface area (Å²) in [6, 6.07) is 63.4. The molecule has 2 aromatic heterocycles. The average Bonchev–Trinajstić information content (AvgIpc) is 3.52. The van der Waals surface area contributed by atoms with Gasteiger partial charge >= 0.3 is 0 Å². The first-order valence-corrected chi connectivity index (χ1v) is 16.5. The van der Waals surface area contributed by atoms with Gasteiger partial charge in [-0.15, -0.1) is 0 Å². The van der Waals surface area contributed by atoms with Gasteiger partial charge in [-0.2, -0.15) is 0 Å². The molecule has 0 aliphatic carbocycles. The Morgan fingerprint density at radius 1 is 0.286 bits per heavy atom. The molecule has 2 heterocycles. The van der Waals surface area contributed by atoms with Crippen molar-refractivity contribution in [1.82, 2.24) is 19.5 Å². The van der Waals surface area contributed by atoms with Crippen LogP contribution in [-0.2, 0) is 0 Å². The molecule has 0 unspecified atom stereocenters. The molecule has 0 bridgehead atoms. The number of benzene rings is 7. The van der Waals surface area contributed by atoms with Crippen LogP contribution in [0.4, 0.5) is 0 Å². The van der Waals surface area contributed by atoms with Crippen LogP contribution in [0.5, 0.6) is 0 Å². The molecule has 0 radical (unpaired) electrons. The fraction of sp³-hybridized carbons (Fsp3) is 0. The highest BCUT2D eigenvalue weighted by Crippen LogP contribution is 2.35. The second-order valence-corrected chi connectivity index (χ2v) is 12.1. The molecule has 9 aromatic rings. The first-order chi connectivity index (χ1) is 24.3. The van der Waals surface area contributed by atoms with Crippen molar-refractivity contribution >= 4 is 21.8 Å². The summed E-state index contributed by atoms with van der Waals surface area (Å²) >= 11 is 0. The molecule has 0 fully saturated rings. The molecule has 0 atom stereocenters. The van der Waals surface area contributed by atoms with Crippen molar-refractivity contribution in [2.24, 2.45) is 0 Å². The molecule has 0 aliphatic rings. The van der Waals surface area contributed by atoms with Crippen LogP contribution in [0.3, 0.4) is 0 Å². The monoisotopic (exact) mass is 626 g/mol. The Kier molecular flexibility index (Phi) is 7.10. The van der Waals surface area contributed by atoms with E-state index in [9.17, 15) is 0 Å². The Balaban J connectivity index is 1.11. The van der Waals surface area contributed by atoms with Crippen LogP contribution >= 0.6 is 0 Å². The summed E-state index contributed by atoms with van der Waals surface area (Å²) in [4.78, 5) is 14.9. The van der Waals surface area contributed by atoms with Crippen LogP contribution in [-0.4, -0.2) is 19.5 Å². The molecule has 0 spiro atoms. The third-order valence-electron chi connectivity index (χ3n) is 9.08. The number of hydrogen-bond acceptors (Lipinski definition) is 3. The summed E-state index contributed by atoms with van der Waals surface area (Å²) in [6.45, 7) is 0. The highest BCUT2D eigenvalue weighted by Gasteiger charge is 2.15. The Labute approximate surface area is 284 Å². The van der Waals surface area contributed by atoms with Gasteiger partial charge in [-0.25, -0.2) is 15.0 Å². The second-order valence-electron chi connectivity index (χ2n) is 12.1. The number of hydrogen-bond donors (Lipinski definition) is 0. The molecule has 0 saturated carbocycles. The Bertz CT molecular complexity index is 2560. The topological polar surface area (TPSA) is 43.6 Å². The minimum Gasteiger partial charge on any atom is -0.309 e. The van der Waals surface area contributed by atoms with Crippen LogP contribution in [0.25, 0.3) is 83.9 Å². The normalized spacial score (nSPS) is 11.3. The fourth-order valence-corrected chi connectivity index (χ4v) is 6.61. The van der Waals surface area contributed by atoms with E-state index in [-0.39, 0.29) is 0 Å². The minimum atomic E-state index is 0.641. The van der Waals surface area contributed by atoms with Crippen LogP contribution < -0.4 is 0 Å². The van der Waals surface area contributed by atoms with Gasteiger partial charge in [-0.05, 0) is 46.5 Å². The van der Waals surface area contributed by atoms with Crippen molar-refractivity contribution in [3.05, 3.63) is 182 Å². The van der Waals surface area contributed by atoms with E-state index in [0.29, 0.717) is 17.5 Å². The molecule has 9 rings (SSSR count). The first-order valence-electron chi connectivity index (χ1n) is 16.5. The number of rotatable bonds is 6. The molecular weight excluding hydrogens is 597 g/mol. The predicted octanol–water partition coefficient (Wildman–Crippen LogP) is 11.3. The number of fused-ring (bicyclic) bond motifs is 3. The van der Waals surface area contributed by atoms with E-state index in [1.54, 1.807) is 0 Å². The quantitative estimate of drug-likeness (QED) is 0.184. The van der Waals surface area contributed by atoms with Crippen molar-refractivity contribution in [1.29, 1.82) is 0 Å². The van der Waals surface area contributed by atoms with Gasteiger partial charge in [0.2, 0.25) is 0 Å². The highest BCUT2D eigenvalue weighted by atomic mass is 15.0. The first kappa shape index (κ1) is 28.6. The van der Waals surface area contributed by atoms with E-state index in [4.69, 9.17) is 15.0 Å². The summed E-state index contributed by atoms with van der Waals surface area (Å²) in [6.07, 6.45) is 0. The molecule has 0 N–H and O–H groups in total. The average molecular weight is 627 g/mol. The maximum absolute atomic E-state index is 4.99. The molecule has 49 heavy (non-hydrogen) atoms. The summed E-state index contributed by atoms with van der Waals surface area (Å²) in [5, 5.41) is 2.49. The largest absolute Gasteiger partial charge is 0.309 e. The lowest BCUT2D eigenvalue weighted by atomic mass is 10.0. The van der Waals surface area contributed by atoms with E-state index in [1.807, 2.05) is 36.4 Å². The SMILES string of the molecule is c1ccc(-c2ccc(-c3nc(-c4ccccc4)nc(-c4ccc(-c5ccc6c7ccccc7n(-c7ccccc7)c6c5)cc4)n3)cc2)cc1. The van der Waals surface area contributed by atoms with Gasteiger partial charge in [0.15, 0.2) is 17.5 Å². The zero-order valence-corrected chi connectivity index (χ0v) is 26.6. The highest BCUT2D eigenvalue weighted by molar-refractivity contribution is 6.10. The van der Waals surface area contributed by atoms with Crippen molar-refractivity contribution < 1.29 is 0 Å². The van der Waals surface area contributed by atoms with Gasteiger partial charge in [0.05, 0.1) is 11.0 Å². The standard InChI is InChI=1S/C45H30N4/c1-4-12-31(13-5-1)32-20-24-35(25-21-32)44-46-43(34-14-6-2-7-15-34)47-45(48-44)36-26-22-33(23-27-36)37-28-29-40-39-18-10-11-19-41(39)49(42(40)30-37)38-16-8-3-9-17-38/h1-30H. The fourth-order valence-electron chi connectivity index (χ4n) is 6.61. The van der Waals surface area contributed by atoms with E-state index in [0.717, 1.165) is 39.1 Å². The molecule has 0 aliphatic heterocycles. The summed E-state index contributed by atoms with van der Waals surface area (Å²) in [5.74, 6) is 1.94. The lowest BCUT2D eigenvalue weighted by molar-refractivity contribution is 1.07. The Morgan fingerprint density at radius 3 is 1.27 bits per heavy atom. The van der Waals surface area contributed by atoms with Gasteiger partial charge < -0.3 is 4.57 Å². The summed E-state index contributed by atoms with van der Waals surface area (Å²) in [5.41, 5.74) is 11.0. The summed E-state index contributed by atoms with van der Waals surface area (Å²) in [7, 11) is 0. The maximum Gasteiger partial charge on any atom is 0.164 e. The van der Waals surface area contributed by atoms with Crippen molar-refractivity contribution in [3.63, 3.8) is 0 Å². The van der Waals surface area contributed by atoms with Gasteiger partial charge in [-0.1, -0.05) is 158 Å². The molecule has 0 amide bonds. The molecule has 0 saturated heterocycles. The smallest absolute Gasteiger partial charge is 0.164 e. The molecular formula is C45H30N4. The van der Waals surface area contributed by atoms with Crippen molar-refractivity contribution in [2.75, 3.05) is 0 Å². The third-order valence-corrected chi connectivity index (χ3v) is 9.08. The van der Waals surface area contributed by atoms with E-state index < -0.39 is 0 Å². The van der Waals surface area contributed by atoms with Crippen molar-refractivity contribution in [2.45, 2.75) is 0 Å². The zero-order chi connectivity index (χ0) is 32.6. The Morgan fingerprint density at radius 2 is 0.673 bits per heavy atom. The van der Waals surface area contributed by atoms with Gasteiger partial charge in [-0.3, -0.25) is 0 Å². The van der Waals surface area contributed by atoms with Crippen LogP contribution in [0.2, 0.25) is 0 Å². The van der Waals surface area contributed by atoms with E-state index >= 15 is 0 Å². The zero-order valence-electron chi connectivity index (χ0n) is 26.6. The molecule has 230 valence electrons. The van der Waals surface area contributed by atoms with Gasteiger partial charge in [0.1, 0.15) is 0 Å². The minimum absolute atomic E-state index is 0.641. The molecule has 7 aromatic carbocycles. The molecule has 4 nitrogen and oxygen atoms in total. The van der Waals surface area contributed by atoms with Gasteiger partial charge in [0.25, 0.3) is 0 Å². The number of aromatic nitrogens is 4. The van der Waals surface area contributed by atoms with E-state index in [2.05, 4.69) is 150 Å². The Hall–Kier alpha value is -6.65. The molecule has 4 heteroatoms. The number of para-hydroxylation sites is 2. The van der Waals surface area contributed by atoms with E-state index in [1.165, 1.54) is 27.4 Å². The lowest BCUT2D eigenvalue weighted by Crippen LogP contribution is -2.00. The maximum atomic E-state index is 4.99. The third kappa shape index (κ3) is 5.35. The second kappa shape index (κ2) is 12.2. The van der Waals surface area contributed by atoms with Crippen molar-refractivity contribution in [3.8, 4) is 62.1 Å². The van der Waals surface area contributed by atoms with Crippen LogP contribution in [0.1, 0.15) is 0 Å². The predicted molar refractivity (Wildman–Crippen MR) is 201 cm³/mol. The van der Waals surface area contributed by atoms with Crippen LogP contribution in [0, 0.1) is 0 Å². The number of nitrogens with zero attached hydrogens (tertiary/aromatic N) is 4. The van der Waals surface area contributed by atoms with Crippen LogP contribution in [0.15, 0.2) is 182 Å². The summed E-state index contributed by atoms with van der Waals surface area (Å²) < 4.78 is 2.35. The van der Waals surface area contributed by atoms with Gasteiger partial charge in [0, 0.05) is 33.2 Å². The lowest BCUT2D eigenvalue weighted by Gasteiger charge is -2.10.